The molecule has 108 valence electrons. The SMILES string of the molecule is CC1CCN(C(C(N)=S)c2cccc([N+](=O)[O-])c2)CC1. The highest BCUT2D eigenvalue weighted by Gasteiger charge is 2.27. The van der Waals surface area contributed by atoms with E-state index in [1.807, 2.05) is 6.07 Å². The molecule has 1 aromatic carbocycles. The molecule has 1 aromatic rings. The lowest BCUT2D eigenvalue weighted by molar-refractivity contribution is -0.384. The first kappa shape index (κ1) is 14.9. The summed E-state index contributed by atoms with van der Waals surface area (Å²) in [4.78, 5) is 13.1. The lowest BCUT2D eigenvalue weighted by Gasteiger charge is -2.36. The molecule has 1 heterocycles. The van der Waals surface area contributed by atoms with Crippen LogP contribution in [0.15, 0.2) is 24.3 Å². The van der Waals surface area contributed by atoms with Gasteiger partial charge in [0.15, 0.2) is 0 Å². The van der Waals surface area contributed by atoms with Crippen molar-refractivity contribution in [2.75, 3.05) is 13.1 Å². The van der Waals surface area contributed by atoms with Gasteiger partial charge in [0.2, 0.25) is 0 Å². The summed E-state index contributed by atoms with van der Waals surface area (Å²) < 4.78 is 0. The first-order valence-electron chi connectivity index (χ1n) is 6.76. The van der Waals surface area contributed by atoms with E-state index in [0.717, 1.165) is 31.5 Å². The highest BCUT2D eigenvalue weighted by molar-refractivity contribution is 7.80. The van der Waals surface area contributed by atoms with Crippen molar-refractivity contribution in [3.8, 4) is 0 Å². The second-order valence-electron chi connectivity index (χ2n) is 5.38. The van der Waals surface area contributed by atoms with Crippen LogP contribution in [0.1, 0.15) is 31.4 Å². The lowest BCUT2D eigenvalue weighted by Crippen LogP contribution is -2.41. The third kappa shape index (κ3) is 3.32. The quantitative estimate of drug-likeness (QED) is 0.525. The summed E-state index contributed by atoms with van der Waals surface area (Å²) in [6.07, 6.45) is 2.21. The van der Waals surface area contributed by atoms with Crippen molar-refractivity contribution in [3.05, 3.63) is 39.9 Å². The summed E-state index contributed by atoms with van der Waals surface area (Å²) in [5, 5.41) is 10.9. The van der Waals surface area contributed by atoms with Gasteiger partial charge in [0.25, 0.3) is 5.69 Å². The molecule has 1 saturated heterocycles. The van der Waals surface area contributed by atoms with Crippen molar-refractivity contribution in [1.82, 2.24) is 4.90 Å². The Bertz CT molecular complexity index is 513. The van der Waals surface area contributed by atoms with Crippen LogP contribution in [0, 0.1) is 16.0 Å². The molecule has 0 aliphatic carbocycles. The van der Waals surface area contributed by atoms with Crippen molar-refractivity contribution < 1.29 is 4.92 Å². The molecule has 0 saturated carbocycles. The number of hydrogen-bond donors (Lipinski definition) is 1. The molecule has 20 heavy (non-hydrogen) atoms. The van der Waals surface area contributed by atoms with Crippen molar-refractivity contribution >= 4 is 22.9 Å². The summed E-state index contributed by atoms with van der Waals surface area (Å²) in [6.45, 7) is 4.08. The first-order valence-corrected chi connectivity index (χ1v) is 7.17. The van der Waals surface area contributed by atoms with E-state index in [2.05, 4.69) is 11.8 Å². The molecular weight excluding hydrogens is 274 g/mol. The van der Waals surface area contributed by atoms with Gasteiger partial charge in [-0.2, -0.15) is 0 Å². The molecule has 1 unspecified atom stereocenters. The number of likely N-dealkylation sites (tertiary alicyclic amines) is 1. The molecule has 1 atom stereocenters. The molecule has 1 fully saturated rings. The second-order valence-corrected chi connectivity index (χ2v) is 5.85. The predicted octanol–water partition coefficient (Wildman–Crippen LogP) is 2.65. The van der Waals surface area contributed by atoms with Gasteiger partial charge in [-0.25, -0.2) is 0 Å². The minimum absolute atomic E-state index is 0.0779. The smallest absolute Gasteiger partial charge is 0.269 e. The molecule has 0 bridgehead atoms. The van der Waals surface area contributed by atoms with Gasteiger partial charge in [0.1, 0.15) is 0 Å². The Hall–Kier alpha value is -1.53. The number of nitro groups is 1. The number of nitrogens with two attached hydrogens (primary N) is 1. The fourth-order valence-electron chi connectivity index (χ4n) is 2.65. The third-order valence-corrected chi connectivity index (χ3v) is 4.07. The monoisotopic (exact) mass is 293 g/mol. The molecule has 0 radical (unpaired) electrons. The van der Waals surface area contributed by atoms with E-state index in [0.29, 0.717) is 10.9 Å². The molecule has 5 nitrogen and oxygen atoms in total. The molecule has 2 rings (SSSR count). The number of piperidine rings is 1. The zero-order valence-corrected chi connectivity index (χ0v) is 12.3. The van der Waals surface area contributed by atoms with Crippen LogP contribution < -0.4 is 5.73 Å². The van der Waals surface area contributed by atoms with E-state index in [1.165, 1.54) is 6.07 Å². The van der Waals surface area contributed by atoms with E-state index in [1.54, 1.807) is 12.1 Å². The Balaban J connectivity index is 2.26. The summed E-state index contributed by atoms with van der Waals surface area (Å²) in [5.41, 5.74) is 6.76. The highest BCUT2D eigenvalue weighted by atomic mass is 32.1. The van der Waals surface area contributed by atoms with Crippen molar-refractivity contribution in [2.24, 2.45) is 11.7 Å². The molecule has 1 aliphatic rings. The van der Waals surface area contributed by atoms with Gasteiger partial charge in [-0.3, -0.25) is 15.0 Å². The van der Waals surface area contributed by atoms with Crippen LogP contribution in [0.5, 0.6) is 0 Å². The van der Waals surface area contributed by atoms with Gasteiger partial charge in [-0.15, -0.1) is 0 Å². The number of thiocarbonyl (C=S) groups is 1. The number of nitro benzene ring substituents is 1. The zero-order valence-electron chi connectivity index (χ0n) is 11.5. The maximum Gasteiger partial charge on any atom is 0.269 e. The molecule has 1 aliphatic heterocycles. The maximum atomic E-state index is 10.9. The number of benzene rings is 1. The normalized spacial score (nSPS) is 18.6. The molecule has 6 heteroatoms. The third-order valence-electron chi connectivity index (χ3n) is 3.85. The van der Waals surface area contributed by atoms with Crippen LogP contribution in [0.3, 0.4) is 0 Å². The van der Waals surface area contributed by atoms with Gasteiger partial charge in [0.05, 0.1) is 16.0 Å². The Morgan fingerprint density at radius 1 is 1.50 bits per heavy atom. The molecule has 0 amide bonds. The lowest BCUT2D eigenvalue weighted by atomic mass is 9.95. The highest BCUT2D eigenvalue weighted by Crippen LogP contribution is 2.28. The maximum absolute atomic E-state index is 10.9. The average molecular weight is 293 g/mol. The topological polar surface area (TPSA) is 72.4 Å². The predicted molar refractivity (Wildman–Crippen MR) is 82.6 cm³/mol. The van der Waals surface area contributed by atoms with Gasteiger partial charge >= 0.3 is 0 Å². The van der Waals surface area contributed by atoms with Gasteiger partial charge in [0, 0.05) is 12.1 Å². The largest absolute Gasteiger partial charge is 0.392 e. The van der Waals surface area contributed by atoms with Crippen LogP contribution in [0.2, 0.25) is 0 Å². The fourth-order valence-corrected chi connectivity index (χ4v) is 2.94. The molecular formula is C14H19N3O2S. The van der Waals surface area contributed by atoms with Crippen molar-refractivity contribution in [3.63, 3.8) is 0 Å². The van der Waals surface area contributed by atoms with Crippen molar-refractivity contribution in [1.29, 1.82) is 0 Å². The van der Waals surface area contributed by atoms with E-state index < -0.39 is 4.92 Å². The first-order chi connectivity index (χ1) is 9.49. The van der Waals surface area contributed by atoms with Crippen LogP contribution in [-0.2, 0) is 0 Å². The molecule has 0 spiro atoms. The van der Waals surface area contributed by atoms with Crippen LogP contribution >= 0.6 is 12.2 Å². The van der Waals surface area contributed by atoms with Crippen LogP contribution in [0.4, 0.5) is 5.69 Å². The summed E-state index contributed by atoms with van der Waals surface area (Å²) in [6, 6.07) is 6.39. The number of rotatable bonds is 4. The Morgan fingerprint density at radius 3 is 2.70 bits per heavy atom. The number of non-ortho nitro benzene ring substituents is 1. The summed E-state index contributed by atoms with van der Waals surface area (Å²) in [7, 11) is 0. The van der Waals surface area contributed by atoms with Gasteiger partial charge in [-0.05, 0) is 37.4 Å². The number of hydrogen-bond acceptors (Lipinski definition) is 4. The molecule has 0 aromatic heterocycles. The van der Waals surface area contributed by atoms with E-state index in [9.17, 15) is 10.1 Å². The second kappa shape index (κ2) is 6.28. The number of nitrogens with zero attached hydrogens (tertiary/aromatic N) is 2. The Labute approximate surface area is 123 Å². The average Bonchev–Trinajstić information content (AvgIpc) is 2.41. The van der Waals surface area contributed by atoms with Crippen LogP contribution in [-0.4, -0.2) is 27.9 Å². The standard InChI is InChI=1S/C14H19N3O2S/c1-10-5-7-16(8-6-10)13(14(15)20)11-3-2-4-12(9-11)17(18)19/h2-4,9-10,13H,5-8H2,1H3,(H2,15,20). The van der Waals surface area contributed by atoms with Crippen LogP contribution in [0.25, 0.3) is 0 Å². The van der Waals surface area contributed by atoms with E-state index in [4.69, 9.17) is 18.0 Å². The Kier molecular flexibility index (Phi) is 4.67. The fraction of sp³-hybridized carbons (Fsp3) is 0.500. The van der Waals surface area contributed by atoms with Crippen molar-refractivity contribution in [2.45, 2.75) is 25.8 Å². The molecule has 2 N–H and O–H groups in total. The Morgan fingerprint density at radius 2 is 2.15 bits per heavy atom. The zero-order chi connectivity index (χ0) is 14.7. The minimum atomic E-state index is -0.390. The van der Waals surface area contributed by atoms with E-state index >= 15 is 0 Å². The summed E-state index contributed by atoms with van der Waals surface area (Å²) in [5.74, 6) is 0.711. The minimum Gasteiger partial charge on any atom is -0.392 e. The van der Waals surface area contributed by atoms with Gasteiger partial charge in [-0.1, -0.05) is 31.3 Å². The van der Waals surface area contributed by atoms with E-state index in [-0.39, 0.29) is 11.7 Å². The van der Waals surface area contributed by atoms with Gasteiger partial charge < -0.3 is 5.73 Å². The summed E-state index contributed by atoms with van der Waals surface area (Å²) >= 11 is 5.18.